The molecule has 2 amide bonds. The van der Waals surface area contributed by atoms with E-state index in [1.54, 1.807) is 12.1 Å². The van der Waals surface area contributed by atoms with Crippen molar-refractivity contribution in [1.29, 1.82) is 0 Å². The van der Waals surface area contributed by atoms with Crippen molar-refractivity contribution in [2.24, 2.45) is 0 Å². The number of carbonyl (C=O) groups excluding carboxylic acids is 2. The van der Waals surface area contributed by atoms with E-state index in [2.05, 4.69) is 34.8 Å². The molecule has 4 rings (SSSR count). The third kappa shape index (κ3) is 6.25. The van der Waals surface area contributed by atoms with E-state index in [0.717, 1.165) is 47.5 Å². The Morgan fingerprint density at radius 1 is 0.743 bits per heavy atom. The number of hydroxylamine groups is 2. The maximum absolute atomic E-state index is 12.9. The van der Waals surface area contributed by atoms with Crippen LogP contribution in [0.15, 0.2) is 60.7 Å². The van der Waals surface area contributed by atoms with Crippen LogP contribution in [0.4, 0.5) is 0 Å². The average molecular weight is 583 g/mol. The molecule has 4 aromatic rings. The van der Waals surface area contributed by atoms with Gasteiger partial charge in [-0.25, -0.2) is 0 Å². The predicted molar refractivity (Wildman–Crippen MR) is 139 cm³/mol. The van der Waals surface area contributed by atoms with E-state index in [0.29, 0.717) is 20.3 Å². The number of aromatic nitrogens is 2. The van der Waals surface area contributed by atoms with Crippen LogP contribution in [-0.2, 0) is 6.35 Å². The number of unbranched alkanes of at least 4 members (excludes halogenated alkanes) is 2. The van der Waals surface area contributed by atoms with E-state index >= 15 is 0 Å². The van der Waals surface area contributed by atoms with Gasteiger partial charge in [0.1, 0.15) is 0 Å². The van der Waals surface area contributed by atoms with Crippen molar-refractivity contribution < 1.29 is 15.9 Å². The van der Waals surface area contributed by atoms with Crippen molar-refractivity contribution in [2.45, 2.75) is 48.4 Å². The molecule has 0 radical (unpaired) electrons. The normalized spacial score (nSPS) is 11.7. The minimum atomic E-state index is -3.92. The molecule has 2 aromatic carbocycles. The average Bonchev–Trinajstić information content (AvgIpc) is 3.52. The van der Waals surface area contributed by atoms with Crippen molar-refractivity contribution >= 4 is 52.8 Å². The molecule has 0 saturated heterocycles. The molecule has 0 fully saturated rings. The van der Waals surface area contributed by atoms with E-state index in [1.165, 1.54) is 0 Å². The monoisotopic (exact) mass is 584 g/mol. The van der Waals surface area contributed by atoms with Gasteiger partial charge < -0.3 is 0 Å². The Kier molecular flexibility index (Phi) is 8.48. The van der Waals surface area contributed by atoms with Gasteiger partial charge in [-0.05, 0) is 0 Å². The summed E-state index contributed by atoms with van der Waals surface area (Å²) in [4.78, 5) is 32.0. The van der Waals surface area contributed by atoms with Crippen LogP contribution < -0.4 is 11.0 Å². The van der Waals surface area contributed by atoms with Crippen LogP contribution in [0.25, 0.3) is 21.8 Å². The fraction of sp³-hybridized carbons (Fsp3) is 0.308. The van der Waals surface area contributed by atoms with Crippen molar-refractivity contribution in [3.05, 3.63) is 72.1 Å². The second kappa shape index (κ2) is 11.7. The van der Waals surface area contributed by atoms with Crippen LogP contribution in [0.5, 0.6) is 0 Å². The first-order valence-electron chi connectivity index (χ1n) is 12.2. The number of rotatable bonds is 12. The summed E-state index contributed by atoms with van der Waals surface area (Å²) in [5.41, 5.74) is 7.88. The van der Waals surface area contributed by atoms with Crippen molar-refractivity contribution in [1.82, 2.24) is 20.9 Å². The molecule has 9 heteroatoms. The number of nitrogens with one attached hydrogen (secondary N) is 4. The molecule has 0 saturated carbocycles. The van der Waals surface area contributed by atoms with Gasteiger partial charge in [0.15, 0.2) is 0 Å². The zero-order chi connectivity index (χ0) is 24.7. The zero-order valence-electron chi connectivity index (χ0n) is 20.1. The number of benzene rings is 2. The number of aromatic amines is 2. The number of fused-ring (bicyclic) bond motifs is 2. The SMILES string of the molecule is CCC[CH2][Sn]([CH2]CCC)([O]NC(=O)c1cc2ccccc2[nH]1)[O]NC(=O)c1cc2ccccc2[nH]1. The second-order valence-electron chi connectivity index (χ2n) is 8.72. The van der Waals surface area contributed by atoms with Crippen molar-refractivity contribution in [3.8, 4) is 0 Å². The molecular formula is C26H32N4O4Sn. The molecule has 0 aliphatic rings. The van der Waals surface area contributed by atoms with Gasteiger partial charge in [0.05, 0.1) is 0 Å². The summed E-state index contributed by atoms with van der Waals surface area (Å²) >= 11 is -3.92. The molecule has 0 bridgehead atoms. The van der Waals surface area contributed by atoms with Crippen molar-refractivity contribution in [3.63, 3.8) is 0 Å². The van der Waals surface area contributed by atoms with Gasteiger partial charge in [-0.1, -0.05) is 0 Å². The Labute approximate surface area is 209 Å². The summed E-state index contributed by atoms with van der Waals surface area (Å²) in [6, 6.07) is 19.0. The van der Waals surface area contributed by atoms with Gasteiger partial charge in [0, 0.05) is 0 Å². The quantitative estimate of drug-likeness (QED) is 0.127. The molecule has 0 aliphatic heterocycles. The van der Waals surface area contributed by atoms with E-state index in [9.17, 15) is 9.59 Å². The van der Waals surface area contributed by atoms with E-state index in [-0.39, 0.29) is 11.8 Å². The fourth-order valence-electron chi connectivity index (χ4n) is 4.02. The predicted octanol–water partition coefficient (Wildman–Crippen LogP) is 5.71. The van der Waals surface area contributed by atoms with Crippen LogP contribution in [0.1, 0.15) is 60.5 Å². The Bertz CT molecular complexity index is 1130. The van der Waals surface area contributed by atoms with Gasteiger partial charge in [-0.2, -0.15) is 0 Å². The van der Waals surface area contributed by atoms with Gasteiger partial charge in [0.25, 0.3) is 0 Å². The summed E-state index contributed by atoms with van der Waals surface area (Å²) in [5, 5.41) is 1.90. The van der Waals surface area contributed by atoms with Gasteiger partial charge >= 0.3 is 210 Å². The number of carbonyl (C=O) groups is 2. The number of hydrogen-bond donors (Lipinski definition) is 4. The second-order valence-corrected chi connectivity index (χ2v) is 17.9. The van der Waals surface area contributed by atoms with Gasteiger partial charge in [-0.15, -0.1) is 0 Å². The Morgan fingerprint density at radius 3 is 1.57 bits per heavy atom. The summed E-state index contributed by atoms with van der Waals surface area (Å²) in [6.45, 7) is 4.20. The molecule has 0 spiro atoms. The van der Waals surface area contributed by atoms with Crippen molar-refractivity contribution in [2.75, 3.05) is 0 Å². The summed E-state index contributed by atoms with van der Waals surface area (Å²) in [5.74, 6) is -0.721. The first-order chi connectivity index (χ1) is 17.0. The molecule has 35 heavy (non-hydrogen) atoms. The van der Waals surface area contributed by atoms with Crippen LogP contribution in [0.2, 0.25) is 8.87 Å². The molecule has 0 aliphatic carbocycles. The molecule has 4 N–H and O–H groups in total. The summed E-state index contributed by atoms with van der Waals surface area (Å²) in [7, 11) is 0. The van der Waals surface area contributed by atoms with E-state index < -0.39 is 19.2 Å². The Hall–Kier alpha value is -2.82. The molecular weight excluding hydrogens is 551 g/mol. The molecule has 0 unspecified atom stereocenters. The molecule has 184 valence electrons. The summed E-state index contributed by atoms with van der Waals surface area (Å²) in [6.07, 6.45) is 3.71. The number of para-hydroxylation sites is 2. The first-order valence-corrected chi connectivity index (χ1v) is 18.5. The van der Waals surface area contributed by atoms with E-state index in [1.807, 2.05) is 48.5 Å². The molecule has 8 nitrogen and oxygen atoms in total. The fourth-order valence-corrected chi connectivity index (χ4v) is 12.7. The first kappa shape index (κ1) is 25.3. The Balaban J connectivity index is 1.48. The third-order valence-corrected chi connectivity index (χ3v) is 15.1. The van der Waals surface area contributed by atoms with Crippen LogP contribution in [0, 0.1) is 0 Å². The topological polar surface area (TPSA) is 108 Å². The van der Waals surface area contributed by atoms with E-state index in [4.69, 9.17) is 6.35 Å². The standard InChI is InChI=1S/2C9H7N2O2.2C4H9.Sn/c2*12-9(11-13)8-5-6-3-1-2-4-7(6)10-8;2*1-3-4-2;/h2*1-5H,(H2-,10,11,12,13);2*1,3-4H2,2H3;/q2*-1;;;+2. The van der Waals surface area contributed by atoms with Gasteiger partial charge in [0.2, 0.25) is 0 Å². The number of amides is 2. The maximum atomic E-state index is 12.9. The number of H-pyrrole nitrogens is 2. The van der Waals surface area contributed by atoms with Crippen LogP contribution >= 0.6 is 0 Å². The van der Waals surface area contributed by atoms with Gasteiger partial charge in [-0.3, -0.25) is 0 Å². The molecule has 0 atom stereocenters. The zero-order valence-corrected chi connectivity index (χ0v) is 23.0. The molecule has 2 aromatic heterocycles. The molecule has 2 heterocycles. The Morgan fingerprint density at radius 2 is 1.17 bits per heavy atom. The number of hydrogen-bond acceptors (Lipinski definition) is 4. The summed E-state index contributed by atoms with van der Waals surface area (Å²) < 4.78 is 13.7. The van der Waals surface area contributed by atoms with Crippen LogP contribution in [0.3, 0.4) is 0 Å². The third-order valence-electron chi connectivity index (χ3n) is 6.03. The van der Waals surface area contributed by atoms with Crippen LogP contribution in [-0.4, -0.2) is 41.0 Å². The minimum absolute atomic E-state index is 0.360.